The summed E-state index contributed by atoms with van der Waals surface area (Å²) >= 11 is 0. The van der Waals surface area contributed by atoms with E-state index in [1.807, 2.05) is 0 Å². The fraction of sp³-hybridized carbons (Fsp3) is 0.571. The van der Waals surface area contributed by atoms with Gasteiger partial charge in [0.15, 0.2) is 0 Å². The smallest absolute Gasteiger partial charge is 0.241 e. The van der Waals surface area contributed by atoms with E-state index in [-0.39, 0.29) is 29.0 Å². The van der Waals surface area contributed by atoms with Crippen molar-refractivity contribution in [2.24, 2.45) is 11.7 Å². The van der Waals surface area contributed by atoms with Crippen LogP contribution in [0.4, 0.5) is 4.39 Å². The van der Waals surface area contributed by atoms with Crippen LogP contribution in [0.15, 0.2) is 17.0 Å². The van der Waals surface area contributed by atoms with Gasteiger partial charge in [0.25, 0.3) is 0 Å². The average molecular weight is 316 g/mol. The minimum Gasteiger partial charge on any atom is -0.381 e. The van der Waals surface area contributed by atoms with Crippen molar-refractivity contribution in [3.63, 3.8) is 0 Å². The number of sulfonamides is 1. The predicted molar refractivity (Wildman–Crippen MR) is 77.7 cm³/mol. The molecule has 1 heterocycles. The molecule has 0 aliphatic carbocycles. The lowest BCUT2D eigenvalue weighted by atomic mass is 10.0. The average Bonchev–Trinajstić information content (AvgIpc) is 2.95. The minimum absolute atomic E-state index is 0.0475. The van der Waals surface area contributed by atoms with Crippen molar-refractivity contribution < 1.29 is 17.5 Å². The molecular weight excluding hydrogens is 295 g/mol. The molecule has 1 aliphatic rings. The van der Waals surface area contributed by atoms with Gasteiger partial charge in [0.1, 0.15) is 5.82 Å². The lowest BCUT2D eigenvalue weighted by Crippen LogP contribution is -2.38. The molecule has 1 fully saturated rings. The Kier molecular flexibility index (Phi) is 4.98. The van der Waals surface area contributed by atoms with Crippen LogP contribution in [0, 0.1) is 18.7 Å². The lowest BCUT2D eigenvalue weighted by molar-refractivity contribution is 0.180. The van der Waals surface area contributed by atoms with Crippen molar-refractivity contribution in [1.82, 2.24) is 4.72 Å². The largest absolute Gasteiger partial charge is 0.381 e. The molecule has 21 heavy (non-hydrogen) atoms. The summed E-state index contributed by atoms with van der Waals surface area (Å²) in [6.07, 6.45) is 0.819. The highest BCUT2D eigenvalue weighted by molar-refractivity contribution is 7.89. The van der Waals surface area contributed by atoms with Crippen LogP contribution in [0.5, 0.6) is 0 Å². The van der Waals surface area contributed by atoms with Crippen LogP contribution in [0.3, 0.4) is 0 Å². The van der Waals surface area contributed by atoms with Gasteiger partial charge in [-0.2, -0.15) is 0 Å². The first kappa shape index (κ1) is 16.4. The van der Waals surface area contributed by atoms with Crippen LogP contribution < -0.4 is 10.5 Å². The molecule has 2 atom stereocenters. The summed E-state index contributed by atoms with van der Waals surface area (Å²) < 4.78 is 46.7. The second-order valence-corrected chi connectivity index (χ2v) is 7.12. The van der Waals surface area contributed by atoms with Crippen molar-refractivity contribution in [3.05, 3.63) is 29.1 Å². The first-order valence-electron chi connectivity index (χ1n) is 6.94. The molecule has 2 rings (SSSR count). The predicted octanol–water partition coefficient (Wildman–Crippen LogP) is 1.30. The molecule has 1 aromatic rings. The normalized spacial score (nSPS) is 20.7. The van der Waals surface area contributed by atoms with Crippen LogP contribution in [-0.4, -0.2) is 27.7 Å². The van der Waals surface area contributed by atoms with E-state index in [9.17, 15) is 12.8 Å². The van der Waals surface area contributed by atoms with Gasteiger partial charge in [-0.25, -0.2) is 17.5 Å². The number of halogens is 1. The monoisotopic (exact) mass is 316 g/mol. The molecule has 1 aliphatic heterocycles. The Morgan fingerprint density at radius 3 is 2.81 bits per heavy atom. The Balaban J connectivity index is 2.28. The lowest BCUT2D eigenvalue weighted by Gasteiger charge is -2.20. The Labute approximate surface area is 124 Å². The number of ether oxygens (including phenoxy) is 1. The zero-order valence-electron chi connectivity index (χ0n) is 12.2. The number of benzene rings is 1. The highest BCUT2D eigenvalue weighted by atomic mass is 32.2. The maximum atomic E-state index is 13.8. The van der Waals surface area contributed by atoms with E-state index in [0.717, 1.165) is 6.42 Å². The van der Waals surface area contributed by atoms with Crippen LogP contribution >= 0.6 is 0 Å². The summed E-state index contributed by atoms with van der Waals surface area (Å²) in [5.74, 6) is -0.419. The van der Waals surface area contributed by atoms with E-state index < -0.39 is 15.8 Å². The quantitative estimate of drug-likeness (QED) is 0.858. The van der Waals surface area contributed by atoms with Crippen molar-refractivity contribution in [1.29, 1.82) is 0 Å². The van der Waals surface area contributed by atoms with Crippen LogP contribution in [0.25, 0.3) is 0 Å². The first-order chi connectivity index (χ1) is 9.85. The standard InChI is InChI=1S/C14H21FN2O3S/c1-9-13(15)5-11(7-16)6-14(9)21(18,19)17-10(2)12-3-4-20-8-12/h5-6,10,12,17H,3-4,7-8,16H2,1-2H3. The maximum Gasteiger partial charge on any atom is 0.241 e. The van der Waals surface area contributed by atoms with E-state index in [4.69, 9.17) is 10.5 Å². The van der Waals surface area contributed by atoms with Crippen molar-refractivity contribution in [2.75, 3.05) is 13.2 Å². The molecule has 0 radical (unpaired) electrons. The van der Waals surface area contributed by atoms with E-state index in [2.05, 4.69) is 4.72 Å². The zero-order valence-corrected chi connectivity index (χ0v) is 13.0. The molecule has 0 bridgehead atoms. The highest BCUT2D eigenvalue weighted by Gasteiger charge is 2.28. The summed E-state index contributed by atoms with van der Waals surface area (Å²) in [7, 11) is -3.78. The van der Waals surface area contributed by atoms with Gasteiger partial charge in [-0.05, 0) is 38.0 Å². The molecule has 7 heteroatoms. The maximum absolute atomic E-state index is 13.8. The molecule has 118 valence electrons. The summed E-state index contributed by atoms with van der Waals surface area (Å²) in [6, 6.07) is 2.43. The third-order valence-corrected chi connectivity index (χ3v) is 5.58. The van der Waals surface area contributed by atoms with Gasteiger partial charge in [0.2, 0.25) is 10.0 Å². The Bertz CT molecular complexity index is 613. The van der Waals surface area contributed by atoms with Gasteiger partial charge in [0.05, 0.1) is 11.5 Å². The van der Waals surface area contributed by atoms with Crippen molar-refractivity contribution in [2.45, 2.75) is 37.8 Å². The third-order valence-electron chi connectivity index (χ3n) is 3.89. The molecule has 1 aromatic carbocycles. The highest BCUT2D eigenvalue weighted by Crippen LogP contribution is 2.23. The van der Waals surface area contributed by atoms with E-state index in [1.54, 1.807) is 6.92 Å². The molecule has 2 unspecified atom stereocenters. The Hall–Kier alpha value is -1.02. The summed E-state index contributed by atoms with van der Waals surface area (Å²) in [6.45, 7) is 4.53. The molecule has 3 N–H and O–H groups in total. The van der Waals surface area contributed by atoms with Gasteiger partial charge >= 0.3 is 0 Å². The third kappa shape index (κ3) is 3.60. The van der Waals surface area contributed by atoms with Gasteiger partial charge in [0, 0.05) is 30.7 Å². The van der Waals surface area contributed by atoms with E-state index >= 15 is 0 Å². The molecular formula is C14H21FN2O3S. The second kappa shape index (κ2) is 6.39. The summed E-state index contributed by atoms with van der Waals surface area (Å²) in [4.78, 5) is -0.0475. The number of hydrogen-bond acceptors (Lipinski definition) is 4. The van der Waals surface area contributed by atoms with Gasteiger partial charge in [-0.3, -0.25) is 0 Å². The first-order valence-corrected chi connectivity index (χ1v) is 8.42. The second-order valence-electron chi connectivity index (χ2n) is 5.44. The van der Waals surface area contributed by atoms with Gasteiger partial charge in [-0.15, -0.1) is 0 Å². The van der Waals surface area contributed by atoms with Gasteiger partial charge in [-0.1, -0.05) is 0 Å². The Morgan fingerprint density at radius 1 is 1.52 bits per heavy atom. The number of nitrogens with one attached hydrogen (secondary N) is 1. The van der Waals surface area contributed by atoms with Crippen LogP contribution in [0.2, 0.25) is 0 Å². The molecule has 0 amide bonds. The van der Waals surface area contributed by atoms with Crippen LogP contribution in [-0.2, 0) is 21.3 Å². The molecule has 0 saturated carbocycles. The van der Waals surface area contributed by atoms with Crippen molar-refractivity contribution in [3.8, 4) is 0 Å². The van der Waals surface area contributed by atoms with E-state index in [0.29, 0.717) is 18.8 Å². The number of nitrogens with two attached hydrogens (primary N) is 1. The fourth-order valence-electron chi connectivity index (χ4n) is 2.46. The summed E-state index contributed by atoms with van der Waals surface area (Å²) in [5.41, 5.74) is 6.04. The SMILES string of the molecule is Cc1c(F)cc(CN)cc1S(=O)(=O)NC(C)C1CCOC1. The molecule has 1 saturated heterocycles. The minimum atomic E-state index is -3.78. The number of hydrogen-bond donors (Lipinski definition) is 2. The van der Waals surface area contributed by atoms with Gasteiger partial charge < -0.3 is 10.5 Å². The summed E-state index contributed by atoms with van der Waals surface area (Å²) in [5, 5.41) is 0. The van der Waals surface area contributed by atoms with Crippen LogP contribution in [0.1, 0.15) is 24.5 Å². The fourth-order valence-corrected chi connectivity index (χ4v) is 4.07. The van der Waals surface area contributed by atoms with E-state index in [1.165, 1.54) is 19.1 Å². The topological polar surface area (TPSA) is 81.4 Å². The molecule has 0 spiro atoms. The molecule has 5 nitrogen and oxygen atoms in total. The van der Waals surface area contributed by atoms with Crippen molar-refractivity contribution >= 4 is 10.0 Å². The Morgan fingerprint density at radius 2 is 2.24 bits per heavy atom. The molecule has 0 aromatic heterocycles. The number of rotatable bonds is 5. The zero-order chi connectivity index (χ0) is 15.6.